The predicted octanol–water partition coefficient (Wildman–Crippen LogP) is 13.6. The van der Waals surface area contributed by atoms with E-state index < -0.39 is 105 Å². The van der Waals surface area contributed by atoms with Crippen LogP contribution in [0.15, 0.2) is 97.1 Å². The van der Waals surface area contributed by atoms with Crippen molar-refractivity contribution in [1.29, 1.82) is 0 Å². The zero-order valence-corrected chi connectivity index (χ0v) is 42.2. The minimum atomic E-state index is -7.60. The van der Waals surface area contributed by atoms with Gasteiger partial charge in [-0.2, -0.15) is 0 Å². The van der Waals surface area contributed by atoms with Crippen LogP contribution in [0.3, 0.4) is 0 Å². The fourth-order valence-electron chi connectivity index (χ4n) is 5.58. The van der Waals surface area contributed by atoms with Crippen molar-refractivity contribution in [2.75, 3.05) is 0 Å². The van der Waals surface area contributed by atoms with Crippen molar-refractivity contribution in [2.45, 2.75) is 127 Å². The van der Waals surface area contributed by atoms with Crippen molar-refractivity contribution in [1.82, 2.24) is 0 Å². The van der Waals surface area contributed by atoms with Gasteiger partial charge in [-0.1, -0.05) is 0 Å². The average Bonchev–Trinajstić information content (AvgIpc) is 3.14. The zero-order chi connectivity index (χ0) is 47.5. The van der Waals surface area contributed by atoms with Crippen LogP contribution in [0.5, 0.6) is 0 Å². The second kappa shape index (κ2) is 17.4. The first kappa shape index (κ1) is 52.2. The number of hydrogen-bond donors (Lipinski definition) is 0. The maximum absolute atomic E-state index is 15.8. The van der Waals surface area contributed by atoms with Gasteiger partial charge in [0.25, 0.3) is 0 Å². The van der Waals surface area contributed by atoms with Gasteiger partial charge in [0.2, 0.25) is 0 Å². The van der Waals surface area contributed by atoms with Gasteiger partial charge in [0, 0.05) is 0 Å². The van der Waals surface area contributed by atoms with E-state index >= 15 is 35.1 Å². The summed E-state index contributed by atoms with van der Waals surface area (Å²) >= 11 is -8.72. The Morgan fingerprint density at radius 1 is 0.339 bits per heavy atom. The Bertz CT molecular complexity index is 2130. The van der Waals surface area contributed by atoms with E-state index in [1.807, 2.05) is 83.1 Å². The number of alkyl halides is 8. The molecule has 0 aliphatic heterocycles. The number of halogens is 10. The SMILES string of the molecule is CC(C)(C)c1ccc(I(OS(=O)(=O)C(F)(F)C(F)(F)C(F)(F)C(F)(F)S(=O)(=O)OI(c2ccc(C(C)(C)C)cc2)c2ccc(C(C)(C)C)cc2)c2ccc(C(C)(C)C)cc2)cc1. The molecule has 0 fully saturated rings. The third-order valence-corrected chi connectivity index (χ3v) is 24.4. The standard InChI is InChI=1S/C44H52F8I2O6S2/c1-37(2,3)29-13-21-33(22-14-29)53(34-23-15-30(16-24-34)38(4,5)6)59-61(55,56)43(49,50)41(45,46)42(47,48)44(51,52)62(57,58)60-54(35-25-17-31(18-26-35)39(7,8)9)36-27-19-32(20-28-36)40(10,11)12/h13-28H,1-12H3. The first-order chi connectivity index (χ1) is 27.8. The van der Waals surface area contributed by atoms with Gasteiger partial charge >= 0.3 is 378 Å². The summed E-state index contributed by atoms with van der Waals surface area (Å²) in [6, 6.07) is 22.6. The second-order valence-electron chi connectivity index (χ2n) is 18.7. The fraction of sp³-hybridized carbons (Fsp3) is 0.455. The Labute approximate surface area is 375 Å². The molecule has 0 heterocycles. The van der Waals surface area contributed by atoms with Crippen molar-refractivity contribution < 1.29 is 57.0 Å². The molecule has 6 nitrogen and oxygen atoms in total. The van der Waals surface area contributed by atoms with Crippen LogP contribution >= 0.6 is 40.5 Å². The quantitative estimate of drug-likeness (QED) is 0.0979. The first-order valence-electron chi connectivity index (χ1n) is 19.0. The summed E-state index contributed by atoms with van der Waals surface area (Å²) < 4.78 is 189. The summed E-state index contributed by atoms with van der Waals surface area (Å²) in [4.78, 5) is 0. The fourth-order valence-corrected chi connectivity index (χ4v) is 19.4. The molecular formula is C44H52F8I2O6S2. The molecule has 0 saturated carbocycles. The number of benzene rings is 4. The monoisotopic (exact) mass is 1150 g/mol. The Morgan fingerprint density at radius 3 is 0.645 bits per heavy atom. The van der Waals surface area contributed by atoms with Crippen LogP contribution < -0.4 is 0 Å². The van der Waals surface area contributed by atoms with Gasteiger partial charge in [-0.05, 0) is 0 Å². The van der Waals surface area contributed by atoms with Crippen molar-refractivity contribution >= 4 is 60.7 Å². The minimum absolute atomic E-state index is 0.0517. The van der Waals surface area contributed by atoms with Crippen molar-refractivity contribution in [3.8, 4) is 0 Å². The molecule has 4 aromatic carbocycles. The number of hydrogen-bond acceptors (Lipinski definition) is 6. The van der Waals surface area contributed by atoms with Crippen molar-refractivity contribution in [3.05, 3.63) is 134 Å². The molecule has 0 N–H and O–H groups in total. The Morgan fingerprint density at radius 2 is 0.500 bits per heavy atom. The van der Waals surface area contributed by atoms with E-state index in [2.05, 4.69) is 0 Å². The molecule has 18 heteroatoms. The van der Waals surface area contributed by atoms with Crippen LogP contribution in [0.25, 0.3) is 0 Å². The van der Waals surface area contributed by atoms with Gasteiger partial charge in [-0.15, -0.1) is 0 Å². The van der Waals surface area contributed by atoms with Crippen molar-refractivity contribution in [2.24, 2.45) is 0 Å². The van der Waals surface area contributed by atoms with Gasteiger partial charge in [0.05, 0.1) is 0 Å². The Kier molecular flexibility index (Phi) is 14.7. The molecule has 0 bridgehead atoms. The van der Waals surface area contributed by atoms with Gasteiger partial charge in [0.15, 0.2) is 0 Å². The molecule has 0 aromatic heterocycles. The predicted molar refractivity (Wildman–Crippen MR) is 243 cm³/mol. The summed E-state index contributed by atoms with van der Waals surface area (Å²) in [7, 11) is -14.5. The molecule has 0 aliphatic rings. The van der Waals surface area contributed by atoms with E-state index in [0.29, 0.717) is 22.3 Å². The first-order valence-corrected chi connectivity index (χ1v) is 27.9. The van der Waals surface area contributed by atoms with Gasteiger partial charge in [0.1, 0.15) is 0 Å². The van der Waals surface area contributed by atoms with Gasteiger partial charge in [-0.25, -0.2) is 0 Å². The average molecular weight is 1150 g/mol. The molecule has 4 rings (SSSR count). The summed E-state index contributed by atoms with van der Waals surface area (Å²) in [5.74, 6) is -15.2. The maximum atomic E-state index is 15.8. The third-order valence-electron chi connectivity index (χ3n) is 9.68. The molecule has 0 atom stereocenters. The van der Waals surface area contributed by atoms with E-state index in [1.54, 1.807) is 0 Å². The van der Waals surface area contributed by atoms with Gasteiger partial charge < -0.3 is 0 Å². The molecule has 0 radical (unpaired) electrons. The van der Waals surface area contributed by atoms with E-state index in [-0.39, 0.29) is 14.3 Å². The topological polar surface area (TPSA) is 86.7 Å². The Hall–Kier alpha value is -2.40. The Balaban J connectivity index is 1.79. The summed E-state index contributed by atoms with van der Waals surface area (Å²) in [6.45, 7) is 22.1. The molecule has 4 aromatic rings. The van der Waals surface area contributed by atoms with Crippen LogP contribution in [0.1, 0.15) is 105 Å². The molecule has 0 saturated heterocycles. The van der Waals surface area contributed by atoms with Crippen LogP contribution in [0, 0.1) is 14.3 Å². The van der Waals surface area contributed by atoms with E-state index in [1.165, 1.54) is 97.1 Å². The van der Waals surface area contributed by atoms with Crippen LogP contribution in [-0.4, -0.2) is 39.2 Å². The molecule has 346 valence electrons. The second-order valence-corrected chi connectivity index (χ2v) is 31.8. The summed E-state index contributed by atoms with van der Waals surface area (Å²) in [6.07, 6.45) is 0. The summed E-state index contributed by atoms with van der Waals surface area (Å²) in [5, 5.41) is -14.3. The third kappa shape index (κ3) is 10.5. The summed E-state index contributed by atoms with van der Waals surface area (Å²) in [5.41, 5.74) is 0.965. The van der Waals surface area contributed by atoms with E-state index in [4.69, 9.17) is 5.03 Å². The molecule has 0 unspecified atom stereocenters. The van der Waals surface area contributed by atoms with Gasteiger partial charge in [-0.3, -0.25) is 0 Å². The molecular weight excluding hydrogens is 1090 g/mol. The normalized spacial score (nSPS) is 14.8. The molecule has 0 spiro atoms. The van der Waals surface area contributed by atoms with E-state index in [9.17, 15) is 16.8 Å². The molecule has 0 aliphatic carbocycles. The van der Waals surface area contributed by atoms with Crippen LogP contribution in [0.4, 0.5) is 35.1 Å². The van der Waals surface area contributed by atoms with Crippen LogP contribution in [-0.2, 0) is 46.9 Å². The molecule has 62 heavy (non-hydrogen) atoms. The van der Waals surface area contributed by atoms with Crippen LogP contribution in [0.2, 0.25) is 0 Å². The van der Waals surface area contributed by atoms with E-state index in [0.717, 1.165) is 0 Å². The van der Waals surface area contributed by atoms with Crippen molar-refractivity contribution in [3.63, 3.8) is 0 Å². The molecule has 0 amide bonds. The zero-order valence-electron chi connectivity index (χ0n) is 36.3. The number of rotatable bonds is 13.